The van der Waals surface area contributed by atoms with Crippen LogP contribution in [0.3, 0.4) is 0 Å². The lowest BCUT2D eigenvalue weighted by atomic mass is 10.1. The number of aliphatic hydroxyl groups excluding tert-OH is 1. The average Bonchev–Trinajstić information content (AvgIpc) is 2.43. The van der Waals surface area contributed by atoms with E-state index in [9.17, 15) is 19.3 Å². The fourth-order valence-electron chi connectivity index (χ4n) is 1.61. The number of nitrogen functional groups attached to an aromatic ring is 1. The molecule has 1 aromatic carbocycles. The minimum atomic E-state index is -0.922. The van der Waals surface area contributed by atoms with Gasteiger partial charge in [0.2, 0.25) is 0 Å². The number of nitro benzene ring substituents is 1. The predicted octanol–water partition coefficient (Wildman–Crippen LogP) is 0.474. The fraction of sp³-hybridized carbons (Fsp3) is 0.364. The SMILES string of the molecule is CN(CCCO)C(=O)c1cc(NN)c(F)cc1[N+](=O)[O-]. The molecule has 20 heavy (non-hydrogen) atoms. The molecule has 0 bridgehead atoms. The van der Waals surface area contributed by atoms with Crippen LogP contribution in [0.15, 0.2) is 12.1 Å². The maximum atomic E-state index is 13.5. The summed E-state index contributed by atoms with van der Waals surface area (Å²) in [6.07, 6.45) is 0.333. The summed E-state index contributed by atoms with van der Waals surface area (Å²) >= 11 is 0. The monoisotopic (exact) mass is 286 g/mol. The lowest BCUT2D eigenvalue weighted by Gasteiger charge is -2.17. The quantitative estimate of drug-likeness (QED) is 0.397. The second kappa shape index (κ2) is 6.78. The molecule has 0 heterocycles. The Kier molecular flexibility index (Phi) is 5.35. The van der Waals surface area contributed by atoms with Gasteiger partial charge >= 0.3 is 0 Å². The van der Waals surface area contributed by atoms with Crippen LogP contribution in [0.1, 0.15) is 16.8 Å². The predicted molar refractivity (Wildman–Crippen MR) is 69.5 cm³/mol. The lowest BCUT2D eigenvalue weighted by molar-refractivity contribution is -0.385. The van der Waals surface area contributed by atoms with Crippen LogP contribution in [-0.2, 0) is 0 Å². The van der Waals surface area contributed by atoms with Crippen molar-refractivity contribution in [1.29, 1.82) is 0 Å². The van der Waals surface area contributed by atoms with Crippen molar-refractivity contribution in [1.82, 2.24) is 4.90 Å². The molecule has 1 amide bonds. The van der Waals surface area contributed by atoms with Gasteiger partial charge in [-0.25, -0.2) is 4.39 Å². The smallest absolute Gasteiger partial charge is 0.285 e. The fourth-order valence-corrected chi connectivity index (χ4v) is 1.61. The van der Waals surface area contributed by atoms with E-state index < -0.39 is 22.3 Å². The number of halogens is 1. The Labute approximate surface area is 114 Å². The second-order valence-electron chi connectivity index (χ2n) is 4.05. The molecular weight excluding hydrogens is 271 g/mol. The van der Waals surface area contributed by atoms with Crippen molar-refractivity contribution in [3.8, 4) is 0 Å². The molecule has 9 heteroatoms. The Morgan fingerprint density at radius 1 is 1.60 bits per heavy atom. The topological polar surface area (TPSA) is 122 Å². The molecule has 0 saturated carbocycles. The third-order valence-corrected chi connectivity index (χ3v) is 2.67. The van der Waals surface area contributed by atoms with Crippen LogP contribution >= 0.6 is 0 Å². The van der Waals surface area contributed by atoms with Crippen molar-refractivity contribution >= 4 is 17.3 Å². The van der Waals surface area contributed by atoms with Crippen LogP contribution in [0.2, 0.25) is 0 Å². The first-order valence-electron chi connectivity index (χ1n) is 5.73. The van der Waals surface area contributed by atoms with Crippen LogP contribution in [-0.4, -0.2) is 41.0 Å². The van der Waals surface area contributed by atoms with Crippen molar-refractivity contribution in [2.75, 3.05) is 25.6 Å². The number of anilines is 1. The zero-order valence-corrected chi connectivity index (χ0v) is 10.8. The summed E-state index contributed by atoms with van der Waals surface area (Å²) in [6.45, 7) is 0.105. The Morgan fingerprint density at radius 3 is 2.75 bits per heavy atom. The Morgan fingerprint density at radius 2 is 2.25 bits per heavy atom. The van der Waals surface area contributed by atoms with Gasteiger partial charge in [-0.15, -0.1) is 0 Å². The Hall–Kier alpha value is -2.26. The summed E-state index contributed by atoms with van der Waals surface area (Å²) in [5, 5.41) is 19.6. The normalized spacial score (nSPS) is 10.2. The van der Waals surface area contributed by atoms with E-state index in [4.69, 9.17) is 10.9 Å². The highest BCUT2D eigenvalue weighted by molar-refractivity contribution is 5.99. The molecule has 0 fully saturated rings. The highest BCUT2D eigenvalue weighted by Gasteiger charge is 2.25. The molecule has 1 aromatic rings. The standard InChI is InChI=1S/C11H15FN4O4/c1-15(3-2-4-17)11(18)7-5-9(14-13)8(12)6-10(7)16(19)20/h5-6,14,17H,2-4,13H2,1H3. The van der Waals surface area contributed by atoms with Gasteiger partial charge in [0.15, 0.2) is 5.82 Å². The summed E-state index contributed by atoms with van der Waals surface area (Å²) in [7, 11) is 1.43. The van der Waals surface area contributed by atoms with Crippen LogP contribution in [0, 0.1) is 15.9 Å². The maximum Gasteiger partial charge on any atom is 0.285 e. The number of hydrazine groups is 1. The van der Waals surface area contributed by atoms with Crippen molar-refractivity contribution in [3.05, 3.63) is 33.6 Å². The highest BCUT2D eigenvalue weighted by atomic mass is 19.1. The number of nitrogens with two attached hydrogens (primary N) is 1. The van der Waals surface area contributed by atoms with Gasteiger partial charge < -0.3 is 15.4 Å². The minimum absolute atomic E-state index is 0.112. The molecule has 0 aliphatic heterocycles. The molecule has 0 atom stereocenters. The number of rotatable bonds is 6. The summed E-state index contributed by atoms with van der Waals surface area (Å²) in [5.41, 5.74) is 0.907. The molecule has 0 aliphatic rings. The van der Waals surface area contributed by atoms with Crippen LogP contribution < -0.4 is 11.3 Å². The molecule has 0 unspecified atom stereocenters. The second-order valence-corrected chi connectivity index (χ2v) is 4.05. The molecule has 0 aliphatic carbocycles. The number of hydrogen-bond acceptors (Lipinski definition) is 6. The third-order valence-electron chi connectivity index (χ3n) is 2.67. The van der Waals surface area contributed by atoms with Gasteiger partial charge in [-0.05, 0) is 12.5 Å². The van der Waals surface area contributed by atoms with E-state index in [1.807, 2.05) is 5.43 Å². The van der Waals surface area contributed by atoms with Gasteiger partial charge in [-0.1, -0.05) is 0 Å². The number of carbonyl (C=O) groups is 1. The number of aliphatic hydroxyl groups is 1. The van der Waals surface area contributed by atoms with Gasteiger partial charge in [0.1, 0.15) is 5.56 Å². The number of nitro groups is 1. The molecule has 8 nitrogen and oxygen atoms in total. The summed E-state index contributed by atoms with van der Waals surface area (Å²) < 4.78 is 13.5. The van der Waals surface area contributed by atoms with Crippen LogP contribution in [0.5, 0.6) is 0 Å². The largest absolute Gasteiger partial charge is 0.396 e. The molecule has 0 aromatic heterocycles. The van der Waals surface area contributed by atoms with Crippen LogP contribution in [0.25, 0.3) is 0 Å². The molecular formula is C11H15FN4O4. The van der Waals surface area contributed by atoms with Gasteiger partial charge in [0.25, 0.3) is 11.6 Å². The van der Waals surface area contributed by atoms with Crippen molar-refractivity contribution in [2.45, 2.75) is 6.42 Å². The van der Waals surface area contributed by atoms with Crippen molar-refractivity contribution in [3.63, 3.8) is 0 Å². The molecule has 0 radical (unpaired) electrons. The highest BCUT2D eigenvalue weighted by Crippen LogP contribution is 2.26. The minimum Gasteiger partial charge on any atom is -0.396 e. The van der Waals surface area contributed by atoms with Gasteiger partial charge in [0.05, 0.1) is 16.7 Å². The van der Waals surface area contributed by atoms with Gasteiger partial charge in [0, 0.05) is 20.2 Å². The average molecular weight is 286 g/mol. The first-order chi connectivity index (χ1) is 9.42. The van der Waals surface area contributed by atoms with E-state index >= 15 is 0 Å². The number of nitrogens with one attached hydrogen (secondary N) is 1. The zero-order chi connectivity index (χ0) is 15.3. The van der Waals surface area contributed by atoms with E-state index in [-0.39, 0.29) is 24.4 Å². The van der Waals surface area contributed by atoms with Crippen molar-refractivity contribution < 1.29 is 19.2 Å². The number of carbonyl (C=O) groups excluding carboxylic acids is 1. The zero-order valence-electron chi connectivity index (χ0n) is 10.8. The lowest BCUT2D eigenvalue weighted by Crippen LogP contribution is -2.29. The number of amides is 1. The molecule has 0 saturated heterocycles. The number of benzene rings is 1. The van der Waals surface area contributed by atoms with Crippen LogP contribution in [0.4, 0.5) is 15.8 Å². The Bertz CT molecular complexity index is 523. The number of hydrogen-bond donors (Lipinski definition) is 3. The van der Waals surface area contributed by atoms with E-state index in [1.165, 1.54) is 11.9 Å². The number of nitrogens with zero attached hydrogens (tertiary/aromatic N) is 2. The molecule has 1 rings (SSSR count). The van der Waals surface area contributed by atoms with E-state index in [1.54, 1.807) is 0 Å². The maximum absolute atomic E-state index is 13.5. The summed E-state index contributed by atoms with van der Waals surface area (Å²) in [6, 6.07) is 1.63. The van der Waals surface area contributed by atoms with E-state index in [2.05, 4.69) is 0 Å². The van der Waals surface area contributed by atoms with Gasteiger partial charge in [-0.3, -0.25) is 20.8 Å². The van der Waals surface area contributed by atoms with E-state index in [0.717, 1.165) is 6.07 Å². The molecule has 4 N–H and O–H groups in total. The third kappa shape index (κ3) is 3.39. The Balaban J connectivity index is 3.20. The summed E-state index contributed by atoms with van der Waals surface area (Å²) in [5.74, 6) is 3.51. The van der Waals surface area contributed by atoms with E-state index in [0.29, 0.717) is 12.5 Å². The van der Waals surface area contributed by atoms with Crippen molar-refractivity contribution in [2.24, 2.45) is 5.84 Å². The van der Waals surface area contributed by atoms with Gasteiger partial charge in [-0.2, -0.15) is 0 Å². The first-order valence-corrected chi connectivity index (χ1v) is 5.73. The molecule has 0 spiro atoms. The molecule has 110 valence electrons. The summed E-state index contributed by atoms with van der Waals surface area (Å²) in [4.78, 5) is 23.4. The first kappa shape index (κ1) is 15.8.